The van der Waals surface area contributed by atoms with Gasteiger partial charge in [0.05, 0.1) is 0 Å². The highest BCUT2D eigenvalue weighted by Crippen LogP contribution is 2.11. The summed E-state index contributed by atoms with van der Waals surface area (Å²) in [4.78, 5) is 43.6. The second-order valence-corrected chi connectivity index (χ2v) is 4.79. The van der Waals surface area contributed by atoms with E-state index in [-0.39, 0.29) is 32.1 Å². The highest BCUT2D eigenvalue weighted by molar-refractivity contribution is 5.84. The van der Waals surface area contributed by atoms with Crippen LogP contribution in [0.5, 0.6) is 0 Å². The molecule has 2 atom stereocenters. The molecule has 0 rings (SSSR count). The maximum absolute atomic E-state index is 11.6. The maximum Gasteiger partial charge on any atom is 0.326 e. The topological polar surface area (TPSA) is 167 Å². The van der Waals surface area contributed by atoms with Crippen molar-refractivity contribution in [3.8, 4) is 0 Å². The van der Waals surface area contributed by atoms with Crippen molar-refractivity contribution in [1.29, 1.82) is 0 Å². The molecule has 9 nitrogen and oxygen atoms in total. The van der Waals surface area contributed by atoms with Crippen LogP contribution in [-0.2, 0) is 19.2 Å². The fourth-order valence-electron chi connectivity index (χ4n) is 1.55. The lowest BCUT2D eigenvalue weighted by Gasteiger charge is -2.16. The Morgan fingerprint density at radius 3 is 2.05 bits per heavy atom. The van der Waals surface area contributed by atoms with Crippen molar-refractivity contribution in [2.45, 2.75) is 44.2 Å². The van der Waals surface area contributed by atoms with Crippen LogP contribution in [0.15, 0.2) is 12.2 Å². The van der Waals surface area contributed by atoms with Gasteiger partial charge < -0.3 is 26.4 Å². The fourth-order valence-corrected chi connectivity index (χ4v) is 1.55. The van der Waals surface area contributed by atoms with Crippen molar-refractivity contribution in [3.05, 3.63) is 12.2 Å². The zero-order chi connectivity index (χ0) is 17.3. The third kappa shape index (κ3) is 8.69. The van der Waals surface area contributed by atoms with E-state index in [0.717, 1.165) is 0 Å². The van der Waals surface area contributed by atoms with Gasteiger partial charge in [0.1, 0.15) is 12.1 Å². The van der Waals surface area contributed by atoms with Gasteiger partial charge in [-0.3, -0.25) is 14.4 Å². The summed E-state index contributed by atoms with van der Waals surface area (Å²) >= 11 is 0. The molecule has 1 amide bonds. The molecule has 0 aliphatic carbocycles. The first-order chi connectivity index (χ1) is 10.1. The van der Waals surface area contributed by atoms with Crippen LogP contribution in [0.4, 0.5) is 0 Å². The first-order valence-electron chi connectivity index (χ1n) is 6.52. The number of hydrogen-bond acceptors (Lipinski definition) is 5. The molecule has 0 aromatic rings. The smallest absolute Gasteiger partial charge is 0.326 e. The van der Waals surface area contributed by atoms with Crippen molar-refractivity contribution < 1.29 is 34.5 Å². The van der Waals surface area contributed by atoms with Crippen molar-refractivity contribution in [2.75, 3.05) is 0 Å². The molecule has 0 bridgehead atoms. The van der Waals surface area contributed by atoms with Crippen LogP contribution in [0.1, 0.15) is 32.1 Å². The summed E-state index contributed by atoms with van der Waals surface area (Å²) in [7, 11) is 0. The Kier molecular flexibility index (Phi) is 8.46. The number of carbonyl (C=O) groups is 4. The van der Waals surface area contributed by atoms with Crippen LogP contribution < -0.4 is 11.1 Å². The summed E-state index contributed by atoms with van der Waals surface area (Å²) < 4.78 is 0. The van der Waals surface area contributed by atoms with E-state index in [0.29, 0.717) is 5.57 Å². The minimum Gasteiger partial charge on any atom is -0.481 e. The zero-order valence-electron chi connectivity index (χ0n) is 11.9. The molecule has 0 saturated heterocycles. The Morgan fingerprint density at radius 2 is 1.59 bits per heavy atom. The molecule has 6 N–H and O–H groups in total. The largest absolute Gasteiger partial charge is 0.481 e. The molecule has 0 heterocycles. The Labute approximate surface area is 126 Å². The molecule has 0 saturated carbocycles. The quantitative estimate of drug-likeness (QED) is 0.320. The number of carboxylic acids is 3. The lowest BCUT2D eigenvalue weighted by molar-refractivity contribution is -0.142. The highest BCUT2D eigenvalue weighted by atomic mass is 16.4. The van der Waals surface area contributed by atoms with Crippen molar-refractivity contribution >= 4 is 23.8 Å². The van der Waals surface area contributed by atoms with Gasteiger partial charge in [0, 0.05) is 12.8 Å². The average molecular weight is 316 g/mol. The number of aliphatic carboxylic acids is 3. The minimum atomic E-state index is -1.28. The van der Waals surface area contributed by atoms with E-state index in [1.165, 1.54) is 0 Å². The molecule has 0 aliphatic heterocycles. The molecular weight excluding hydrogens is 296 g/mol. The molecule has 0 spiro atoms. The summed E-state index contributed by atoms with van der Waals surface area (Å²) in [6.07, 6.45) is -0.503. The summed E-state index contributed by atoms with van der Waals surface area (Å²) in [6.45, 7) is 3.58. The van der Waals surface area contributed by atoms with Gasteiger partial charge in [0.2, 0.25) is 5.91 Å². The Morgan fingerprint density at radius 1 is 1.00 bits per heavy atom. The number of carbonyl (C=O) groups excluding carboxylic acids is 1. The highest BCUT2D eigenvalue weighted by Gasteiger charge is 2.22. The first kappa shape index (κ1) is 19.6. The maximum atomic E-state index is 11.6. The van der Waals surface area contributed by atoms with Crippen molar-refractivity contribution in [3.63, 3.8) is 0 Å². The van der Waals surface area contributed by atoms with Gasteiger partial charge in [-0.25, -0.2) is 4.79 Å². The molecule has 0 aromatic heterocycles. The van der Waals surface area contributed by atoms with Crippen LogP contribution in [0, 0.1) is 0 Å². The van der Waals surface area contributed by atoms with Crippen LogP contribution >= 0.6 is 0 Å². The predicted molar refractivity (Wildman–Crippen MR) is 75.0 cm³/mol. The number of rotatable bonds is 11. The van der Waals surface area contributed by atoms with Crippen molar-refractivity contribution in [1.82, 2.24) is 5.32 Å². The van der Waals surface area contributed by atoms with E-state index in [4.69, 9.17) is 21.1 Å². The number of carboxylic acid groups (broad SMARTS) is 3. The van der Waals surface area contributed by atoms with E-state index in [2.05, 4.69) is 11.9 Å². The van der Waals surface area contributed by atoms with Gasteiger partial charge in [0.25, 0.3) is 0 Å². The van der Waals surface area contributed by atoms with Gasteiger partial charge in [-0.15, -0.1) is 0 Å². The number of hydrogen-bond donors (Lipinski definition) is 5. The second-order valence-electron chi connectivity index (χ2n) is 4.79. The van der Waals surface area contributed by atoms with Crippen LogP contribution in [0.25, 0.3) is 0 Å². The second kappa shape index (κ2) is 9.50. The van der Waals surface area contributed by atoms with Gasteiger partial charge in [-0.2, -0.15) is 0 Å². The number of nitrogens with one attached hydrogen (secondary N) is 1. The third-order valence-corrected chi connectivity index (χ3v) is 2.82. The Balaban J connectivity index is 4.37. The lowest BCUT2D eigenvalue weighted by Crippen LogP contribution is -2.42. The molecule has 9 heteroatoms. The van der Waals surface area contributed by atoms with Crippen LogP contribution in [-0.4, -0.2) is 51.2 Å². The van der Waals surface area contributed by atoms with Crippen molar-refractivity contribution in [2.24, 2.45) is 5.73 Å². The number of nitrogens with two attached hydrogens (primary N) is 1. The molecule has 0 aliphatic rings. The molecule has 22 heavy (non-hydrogen) atoms. The minimum absolute atomic E-state index is 0.0979. The number of amides is 1. The molecule has 0 radical (unpaired) electrons. The summed E-state index contributed by atoms with van der Waals surface area (Å²) in [5.41, 5.74) is 5.62. The predicted octanol–water partition coefficient (Wildman–Crippen LogP) is -0.441. The standard InChI is InChI=1S/C13H20N2O7/c1-7(2-5-11(17)18)6-9(13(21)22)15-10(16)4-3-8(14)12(19)20/h8-9H,1-6,14H2,(H,15,16)(H,17,18)(H,19,20)(H,21,22)/t8-,9?/m1/s1. The average Bonchev–Trinajstić information content (AvgIpc) is 2.41. The monoisotopic (exact) mass is 316 g/mol. The fraction of sp³-hybridized carbons (Fsp3) is 0.538. The first-order valence-corrected chi connectivity index (χ1v) is 6.52. The Hall–Kier alpha value is -2.42. The van der Waals surface area contributed by atoms with E-state index >= 15 is 0 Å². The molecule has 0 fully saturated rings. The van der Waals surface area contributed by atoms with Crippen LogP contribution in [0.2, 0.25) is 0 Å². The summed E-state index contributed by atoms with van der Waals surface area (Å²) in [5, 5.41) is 28.4. The van der Waals surface area contributed by atoms with Gasteiger partial charge >= 0.3 is 17.9 Å². The molecule has 124 valence electrons. The molecular formula is C13H20N2O7. The van der Waals surface area contributed by atoms with Crippen LogP contribution in [0.3, 0.4) is 0 Å². The molecule has 1 unspecified atom stereocenters. The Bertz CT molecular complexity index is 461. The van der Waals surface area contributed by atoms with Gasteiger partial charge in [-0.05, 0) is 19.3 Å². The van der Waals surface area contributed by atoms with E-state index in [1.807, 2.05) is 0 Å². The lowest BCUT2D eigenvalue weighted by atomic mass is 10.0. The normalized spacial score (nSPS) is 13.0. The zero-order valence-corrected chi connectivity index (χ0v) is 11.9. The van der Waals surface area contributed by atoms with E-state index in [1.54, 1.807) is 0 Å². The van der Waals surface area contributed by atoms with Gasteiger partial charge in [-0.1, -0.05) is 12.2 Å². The summed E-state index contributed by atoms with van der Waals surface area (Å²) in [5.74, 6) is -4.20. The van der Waals surface area contributed by atoms with Gasteiger partial charge in [0.15, 0.2) is 0 Å². The van der Waals surface area contributed by atoms with E-state index in [9.17, 15) is 19.2 Å². The molecule has 0 aromatic carbocycles. The van der Waals surface area contributed by atoms with E-state index < -0.39 is 35.9 Å². The SMILES string of the molecule is C=C(CCC(=O)O)CC(NC(=O)CC[C@@H](N)C(=O)O)C(=O)O. The summed E-state index contributed by atoms with van der Waals surface area (Å²) in [6, 6.07) is -2.44. The third-order valence-electron chi connectivity index (χ3n) is 2.82.